The highest BCUT2D eigenvalue weighted by molar-refractivity contribution is 7.99. The maximum Gasteiger partial charge on any atom is 0.230 e. The van der Waals surface area contributed by atoms with Gasteiger partial charge in [0.15, 0.2) is 5.16 Å². The predicted molar refractivity (Wildman–Crippen MR) is 121 cm³/mol. The number of nitrogens with zero attached hydrogens (tertiary/aromatic N) is 5. The number of hydrogen-bond donors (Lipinski definition) is 1. The highest BCUT2D eigenvalue weighted by Crippen LogP contribution is 2.40. The van der Waals surface area contributed by atoms with Gasteiger partial charge in [0, 0.05) is 13.0 Å². The molecule has 2 heterocycles. The Labute approximate surface area is 184 Å². The van der Waals surface area contributed by atoms with Gasteiger partial charge in [-0.3, -0.25) is 4.79 Å². The Hall–Kier alpha value is -3.13. The lowest BCUT2D eigenvalue weighted by Crippen LogP contribution is -2.26. The number of fused-ring (bicyclic) bond motifs is 1. The van der Waals surface area contributed by atoms with Crippen molar-refractivity contribution in [3.63, 3.8) is 0 Å². The lowest BCUT2D eigenvalue weighted by Gasteiger charge is -2.10. The van der Waals surface area contributed by atoms with E-state index in [1.54, 1.807) is 0 Å². The Morgan fingerprint density at radius 1 is 1.10 bits per heavy atom. The zero-order valence-electron chi connectivity index (χ0n) is 17.4. The van der Waals surface area contributed by atoms with Gasteiger partial charge in [-0.25, -0.2) is 4.98 Å². The maximum absolute atomic E-state index is 12.5. The third-order valence-corrected chi connectivity index (χ3v) is 6.49. The van der Waals surface area contributed by atoms with Crippen molar-refractivity contribution in [1.29, 1.82) is 0 Å². The van der Waals surface area contributed by atoms with Gasteiger partial charge in [-0.2, -0.15) is 0 Å². The van der Waals surface area contributed by atoms with Crippen molar-refractivity contribution in [2.75, 3.05) is 5.75 Å². The van der Waals surface area contributed by atoms with E-state index >= 15 is 0 Å². The molecule has 1 N–H and O–H groups in total. The molecular formula is C23H24N6OS. The Kier molecular flexibility index (Phi) is 5.46. The molecule has 158 valence electrons. The Morgan fingerprint density at radius 3 is 2.65 bits per heavy atom. The van der Waals surface area contributed by atoms with E-state index in [4.69, 9.17) is 0 Å². The van der Waals surface area contributed by atoms with Crippen LogP contribution >= 0.6 is 11.8 Å². The summed E-state index contributed by atoms with van der Waals surface area (Å²) in [5.41, 5.74) is 3.20. The number of imidazole rings is 1. The fraction of sp³-hybridized carbons (Fsp3) is 0.304. The van der Waals surface area contributed by atoms with E-state index in [2.05, 4.69) is 37.2 Å². The maximum atomic E-state index is 12.5. The minimum absolute atomic E-state index is 0.0423. The number of benzene rings is 2. The lowest BCUT2D eigenvalue weighted by molar-refractivity contribution is -0.118. The van der Waals surface area contributed by atoms with Gasteiger partial charge in [-0.1, -0.05) is 54.2 Å². The number of thioether (sulfide) groups is 1. The number of hydrogen-bond acceptors (Lipinski definition) is 5. The van der Waals surface area contributed by atoms with Crippen molar-refractivity contribution in [2.24, 2.45) is 7.05 Å². The van der Waals surface area contributed by atoms with Crippen LogP contribution in [0.1, 0.15) is 36.0 Å². The molecule has 1 saturated carbocycles. The molecule has 31 heavy (non-hydrogen) atoms. The molecular weight excluding hydrogens is 408 g/mol. The minimum Gasteiger partial charge on any atom is -0.348 e. The monoisotopic (exact) mass is 432 g/mol. The Bertz CT molecular complexity index is 1210. The van der Waals surface area contributed by atoms with Gasteiger partial charge in [-0.15, -0.1) is 10.2 Å². The second-order valence-electron chi connectivity index (χ2n) is 7.83. The minimum atomic E-state index is -0.0423. The fourth-order valence-electron chi connectivity index (χ4n) is 3.68. The number of aromatic nitrogens is 5. The van der Waals surface area contributed by atoms with Crippen molar-refractivity contribution in [3.8, 4) is 0 Å². The summed E-state index contributed by atoms with van der Waals surface area (Å²) in [4.78, 5) is 17.1. The van der Waals surface area contributed by atoms with Crippen LogP contribution in [0.2, 0.25) is 0 Å². The molecule has 1 aliphatic carbocycles. The summed E-state index contributed by atoms with van der Waals surface area (Å²) in [6, 6.07) is 18.3. The summed E-state index contributed by atoms with van der Waals surface area (Å²) < 4.78 is 4.18. The molecule has 0 radical (unpaired) electrons. The van der Waals surface area contributed by atoms with Crippen molar-refractivity contribution < 1.29 is 4.79 Å². The van der Waals surface area contributed by atoms with E-state index in [-0.39, 0.29) is 5.91 Å². The number of para-hydroxylation sites is 2. The van der Waals surface area contributed by atoms with E-state index in [9.17, 15) is 4.79 Å². The van der Waals surface area contributed by atoms with Crippen molar-refractivity contribution in [3.05, 3.63) is 71.8 Å². The van der Waals surface area contributed by atoms with Gasteiger partial charge in [0.25, 0.3) is 0 Å². The number of aryl methyl sites for hydroxylation is 1. The molecule has 1 fully saturated rings. The summed E-state index contributed by atoms with van der Waals surface area (Å²) in [7, 11) is 1.97. The summed E-state index contributed by atoms with van der Waals surface area (Å²) >= 11 is 1.43. The molecule has 8 heteroatoms. The highest BCUT2D eigenvalue weighted by Gasteiger charge is 2.30. The van der Waals surface area contributed by atoms with Crippen LogP contribution in [0.5, 0.6) is 0 Å². The fourth-order valence-corrected chi connectivity index (χ4v) is 4.45. The smallest absolute Gasteiger partial charge is 0.230 e. The first-order valence-corrected chi connectivity index (χ1v) is 11.4. The number of amides is 1. The third kappa shape index (κ3) is 4.34. The molecule has 7 nitrogen and oxygen atoms in total. The lowest BCUT2D eigenvalue weighted by atomic mass is 10.2. The SMILES string of the molecule is Cn1c(CNC(=O)CSc2nnc(C3CC3)n2Cc2ccccc2)nc2ccccc21. The van der Waals surface area contributed by atoms with Crippen molar-refractivity contribution in [1.82, 2.24) is 29.6 Å². The summed E-state index contributed by atoms with van der Waals surface area (Å²) in [6.45, 7) is 1.12. The topological polar surface area (TPSA) is 77.6 Å². The quantitative estimate of drug-likeness (QED) is 0.431. The predicted octanol–water partition coefficient (Wildman–Crippen LogP) is 3.50. The third-order valence-electron chi connectivity index (χ3n) is 5.53. The van der Waals surface area contributed by atoms with Crippen LogP contribution < -0.4 is 5.32 Å². The van der Waals surface area contributed by atoms with Crippen molar-refractivity contribution in [2.45, 2.75) is 37.0 Å². The average molecular weight is 433 g/mol. The first-order valence-electron chi connectivity index (χ1n) is 10.5. The standard InChI is InChI=1S/C23H24N6OS/c1-28-19-10-6-5-9-18(19)25-20(28)13-24-21(30)15-31-23-27-26-22(17-11-12-17)29(23)14-16-7-3-2-4-8-16/h2-10,17H,11-15H2,1H3,(H,24,30). The van der Waals surface area contributed by atoms with Crippen LogP contribution in [-0.2, 0) is 24.9 Å². The molecule has 1 aliphatic rings. The van der Waals surface area contributed by atoms with Crippen LogP contribution in [-0.4, -0.2) is 36.0 Å². The number of nitrogens with one attached hydrogen (secondary N) is 1. The van der Waals surface area contributed by atoms with Crippen LogP contribution in [0.15, 0.2) is 59.8 Å². The highest BCUT2D eigenvalue weighted by atomic mass is 32.2. The molecule has 2 aromatic heterocycles. The summed E-state index contributed by atoms with van der Waals surface area (Å²) in [5.74, 6) is 2.62. The molecule has 2 aromatic carbocycles. The second-order valence-corrected chi connectivity index (χ2v) is 8.77. The number of carbonyl (C=O) groups is 1. The first-order chi connectivity index (χ1) is 15.2. The van der Waals surface area contributed by atoms with E-state index in [1.165, 1.54) is 17.3 Å². The van der Waals surface area contributed by atoms with E-state index in [0.717, 1.165) is 47.2 Å². The Morgan fingerprint density at radius 2 is 1.87 bits per heavy atom. The molecule has 0 saturated heterocycles. The van der Waals surface area contributed by atoms with E-state index in [0.29, 0.717) is 18.2 Å². The Balaban J connectivity index is 1.23. The molecule has 0 unspecified atom stereocenters. The second kappa shape index (κ2) is 8.55. The zero-order valence-corrected chi connectivity index (χ0v) is 18.2. The molecule has 4 aromatic rings. The summed E-state index contributed by atoms with van der Waals surface area (Å²) in [6.07, 6.45) is 2.33. The molecule has 0 spiro atoms. The van der Waals surface area contributed by atoms with Gasteiger partial charge in [0.05, 0.1) is 29.9 Å². The first kappa shape index (κ1) is 19.8. The van der Waals surface area contributed by atoms with Gasteiger partial charge < -0.3 is 14.5 Å². The van der Waals surface area contributed by atoms with Crippen LogP contribution in [0, 0.1) is 0 Å². The van der Waals surface area contributed by atoms with Crippen LogP contribution in [0.4, 0.5) is 0 Å². The molecule has 0 atom stereocenters. The van der Waals surface area contributed by atoms with Gasteiger partial charge in [-0.05, 0) is 30.5 Å². The van der Waals surface area contributed by atoms with E-state index in [1.807, 2.05) is 54.1 Å². The van der Waals surface area contributed by atoms with Crippen molar-refractivity contribution >= 4 is 28.7 Å². The van der Waals surface area contributed by atoms with Crippen LogP contribution in [0.3, 0.4) is 0 Å². The number of rotatable bonds is 8. The molecule has 0 bridgehead atoms. The summed E-state index contributed by atoms with van der Waals surface area (Å²) in [5, 5.41) is 12.6. The van der Waals surface area contributed by atoms with E-state index < -0.39 is 0 Å². The molecule has 1 amide bonds. The van der Waals surface area contributed by atoms with Gasteiger partial charge >= 0.3 is 0 Å². The normalized spacial score (nSPS) is 13.6. The largest absolute Gasteiger partial charge is 0.348 e. The van der Waals surface area contributed by atoms with Crippen LogP contribution in [0.25, 0.3) is 11.0 Å². The zero-order chi connectivity index (χ0) is 21.2. The average Bonchev–Trinajstić information content (AvgIpc) is 3.49. The molecule has 5 rings (SSSR count). The number of carbonyl (C=O) groups excluding carboxylic acids is 1. The van der Waals surface area contributed by atoms with Gasteiger partial charge in [0.1, 0.15) is 11.6 Å². The van der Waals surface area contributed by atoms with Gasteiger partial charge in [0.2, 0.25) is 5.91 Å². The molecule has 0 aliphatic heterocycles.